The van der Waals surface area contributed by atoms with E-state index in [0.717, 1.165) is 16.7 Å². The van der Waals surface area contributed by atoms with Gasteiger partial charge in [0.1, 0.15) is 5.82 Å². The third kappa shape index (κ3) is 4.44. The molecular weight excluding hydrogens is 397 g/mol. The van der Waals surface area contributed by atoms with E-state index in [9.17, 15) is 0 Å². The molecule has 0 aliphatic heterocycles. The van der Waals surface area contributed by atoms with Gasteiger partial charge < -0.3 is 0 Å². The topological polar surface area (TPSA) is 38.7 Å². The van der Waals surface area contributed by atoms with Gasteiger partial charge in [-0.15, -0.1) is 0 Å². The summed E-state index contributed by atoms with van der Waals surface area (Å²) in [5, 5.41) is 0. The third-order valence-electron chi connectivity index (χ3n) is 4.97. The molecule has 4 heteroatoms. The van der Waals surface area contributed by atoms with Crippen molar-refractivity contribution in [1.82, 2.24) is 15.0 Å². The fourth-order valence-electron chi connectivity index (χ4n) is 3.43. The summed E-state index contributed by atoms with van der Waals surface area (Å²) < 4.78 is 15.3. The Morgan fingerprint density at radius 1 is 0.750 bits per heavy atom. The van der Waals surface area contributed by atoms with Gasteiger partial charge >= 0.3 is 0 Å². The minimum atomic E-state index is -0.391. The average molecular weight is 420 g/mol. The smallest absolute Gasteiger partial charge is 0.167 e. The second-order valence-electron chi connectivity index (χ2n) is 7.04. The van der Waals surface area contributed by atoms with Gasteiger partial charge in [0.05, 0.1) is 5.56 Å². The van der Waals surface area contributed by atoms with Crippen LogP contribution in [-0.4, -0.2) is 15.0 Å². The summed E-state index contributed by atoms with van der Waals surface area (Å²) in [6.45, 7) is 5.64. The minimum Gasteiger partial charge on any atom is -0.208 e. The highest BCUT2D eigenvalue weighted by molar-refractivity contribution is 5.84. The number of benzene rings is 3. The van der Waals surface area contributed by atoms with E-state index in [-0.39, 0.29) is 5.82 Å². The second kappa shape index (κ2) is 9.75. The van der Waals surface area contributed by atoms with Gasteiger partial charge in [-0.3, -0.25) is 0 Å². The molecule has 1 heterocycles. The molecule has 0 saturated heterocycles. The predicted molar refractivity (Wildman–Crippen MR) is 129 cm³/mol. The third-order valence-corrected chi connectivity index (χ3v) is 4.97. The van der Waals surface area contributed by atoms with Gasteiger partial charge in [-0.1, -0.05) is 104 Å². The van der Waals surface area contributed by atoms with E-state index in [1.54, 1.807) is 12.1 Å². The van der Waals surface area contributed by atoms with E-state index in [2.05, 4.69) is 21.5 Å². The first-order valence-corrected chi connectivity index (χ1v) is 10.3. The molecule has 4 rings (SSSR count). The van der Waals surface area contributed by atoms with E-state index >= 15 is 4.39 Å². The molecule has 32 heavy (non-hydrogen) atoms. The molecule has 0 fully saturated rings. The highest BCUT2D eigenvalue weighted by Crippen LogP contribution is 2.32. The minimum absolute atomic E-state index is 0.289. The number of nitrogens with zero attached hydrogens (tertiary/aromatic N) is 3. The first kappa shape index (κ1) is 21.1. The van der Waals surface area contributed by atoms with Crippen LogP contribution < -0.4 is 0 Å². The van der Waals surface area contributed by atoms with Crippen molar-refractivity contribution in [3.05, 3.63) is 121 Å². The van der Waals surface area contributed by atoms with Gasteiger partial charge in [0.2, 0.25) is 0 Å². The summed E-state index contributed by atoms with van der Waals surface area (Å²) in [5.41, 5.74) is 3.57. The first-order valence-electron chi connectivity index (χ1n) is 10.3. The zero-order chi connectivity index (χ0) is 22.3. The van der Waals surface area contributed by atoms with E-state index in [1.807, 2.05) is 91.9 Å². The van der Waals surface area contributed by atoms with Gasteiger partial charge in [0, 0.05) is 11.1 Å². The van der Waals surface area contributed by atoms with Crippen molar-refractivity contribution in [1.29, 1.82) is 0 Å². The fraction of sp³-hybridized carbons (Fsp3) is 0.0357. The molecule has 0 aliphatic carbocycles. The van der Waals surface area contributed by atoms with Crippen molar-refractivity contribution in [2.45, 2.75) is 6.92 Å². The summed E-state index contributed by atoms with van der Waals surface area (Å²) in [7, 11) is 0. The SMILES string of the molecule is C=C/C=C\C(=C/C)c1cccc(F)c1-c1nc(-c2ccccc2)nc(-c2ccccc2)n1. The molecule has 4 aromatic rings. The summed E-state index contributed by atoms with van der Waals surface area (Å²) in [4.78, 5) is 14.1. The normalized spacial score (nSPS) is 11.6. The Morgan fingerprint density at radius 2 is 1.31 bits per heavy atom. The highest BCUT2D eigenvalue weighted by Gasteiger charge is 2.19. The lowest BCUT2D eigenvalue weighted by Crippen LogP contribution is -2.03. The Morgan fingerprint density at radius 3 is 1.84 bits per heavy atom. The lowest BCUT2D eigenvalue weighted by atomic mass is 9.97. The van der Waals surface area contributed by atoms with Crippen LogP contribution in [0.3, 0.4) is 0 Å². The Hall–Kier alpha value is -4.18. The van der Waals surface area contributed by atoms with Crippen LogP contribution in [0.2, 0.25) is 0 Å². The molecule has 1 aromatic heterocycles. The average Bonchev–Trinajstić information content (AvgIpc) is 2.85. The predicted octanol–water partition coefficient (Wildman–Crippen LogP) is 7.16. The summed E-state index contributed by atoms with van der Waals surface area (Å²) in [6.07, 6.45) is 7.33. The van der Waals surface area contributed by atoms with Crippen LogP contribution in [-0.2, 0) is 0 Å². The van der Waals surface area contributed by atoms with Crippen LogP contribution in [0.5, 0.6) is 0 Å². The molecular formula is C28H22FN3. The largest absolute Gasteiger partial charge is 0.208 e. The lowest BCUT2D eigenvalue weighted by Gasteiger charge is -2.13. The molecule has 0 aliphatic rings. The Labute approximate surface area is 187 Å². The lowest BCUT2D eigenvalue weighted by molar-refractivity contribution is 0.629. The summed E-state index contributed by atoms with van der Waals surface area (Å²) in [5.74, 6) is 0.884. The molecule has 0 bridgehead atoms. The zero-order valence-electron chi connectivity index (χ0n) is 17.7. The van der Waals surface area contributed by atoms with Crippen LogP contribution in [0.4, 0.5) is 4.39 Å². The molecule has 3 aromatic carbocycles. The van der Waals surface area contributed by atoms with Crippen molar-refractivity contribution < 1.29 is 4.39 Å². The van der Waals surface area contributed by atoms with Crippen molar-refractivity contribution in [2.24, 2.45) is 0 Å². The molecule has 0 amide bonds. The van der Waals surface area contributed by atoms with Crippen LogP contribution in [0.1, 0.15) is 12.5 Å². The number of hydrogen-bond donors (Lipinski definition) is 0. The van der Waals surface area contributed by atoms with Gasteiger partial charge in [-0.25, -0.2) is 19.3 Å². The number of aromatic nitrogens is 3. The maximum Gasteiger partial charge on any atom is 0.167 e. The molecule has 0 N–H and O–H groups in total. The quantitative estimate of drug-likeness (QED) is 0.311. The van der Waals surface area contributed by atoms with E-state index in [0.29, 0.717) is 22.8 Å². The van der Waals surface area contributed by atoms with E-state index in [4.69, 9.17) is 0 Å². The number of allylic oxidation sites excluding steroid dienone is 5. The van der Waals surface area contributed by atoms with Crippen LogP contribution >= 0.6 is 0 Å². The molecule has 156 valence electrons. The molecule has 0 unspecified atom stereocenters. The van der Waals surface area contributed by atoms with Crippen LogP contribution in [0.15, 0.2) is 110 Å². The zero-order valence-corrected chi connectivity index (χ0v) is 17.7. The monoisotopic (exact) mass is 419 g/mol. The van der Waals surface area contributed by atoms with E-state index < -0.39 is 5.82 Å². The summed E-state index contributed by atoms with van der Waals surface area (Å²) >= 11 is 0. The fourth-order valence-corrected chi connectivity index (χ4v) is 3.43. The molecule has 0 spiro atoms. The van der Waals surface area contributed by atoms with Crippen molar-refractivity contribution in [3.8, 4) is 34.2 Å². The van der Waals surface area contributed by atoms with E-state index in [1.165, 1.54) is 6.07 Å². The van der Waals surface area contributed by atoms with Crippen molar-refractivity contribution in [2.75, 3.05) is 0 Å². The number of hydrogen-bond acceptors (Lipinski definition) is 3. The van der Waals surface area contributed by atoms with Gasteiger partial charge in [0.15, 0.2) is 17.5 Å². The Bertz CT molecular complexity index is 1240. The number of rotatable bonds is 6. The van der Waals surface area contributed by atoms with Gasteiger partial charge in [-0.2, -0.15) is 0 Å². The Balaban J connectivity index is 1.99. The molecule has 3 nitrogen and oxygen atoms in total. The standard InChI is InChI=1S/C28H22FN3/c1-3-5-13-20(4-2)23-18-12-19-24(29)25(23)28-31-26(21-14-8-6-9-15-21)30-27(32-28)22-16-10-7-11-17-22/h3-19H,1H2,2H3/b13-5-,20-4+. The number of halogens is 1. The van der Waals surface area contributed by atoms with Crippen molar-refractivity contribution >= 4 is 5.57 Å². The maximum atomic E-state index is 15.3. The maximum absolute atomic E-state index is 15.3. The highest BCUT2D eigenvalue weighted by atomic mass is 19.1. The van der Waals surface area contributed by atoms with Gasteiger partial charge in [0.25, 0.3) is 0 Å². The van der Waals surface area contributed by atoms with Crippen molar-refractivity contribution in [3.63, 3.8) is 0 Å². The second-order valence-corrected chi connectivity index (χ2v) is 7.04. The first-order chi connectivity index (χ1) is 15.7. The summed E-state index contributed by atoms with van der Waals surface area (Å²) in [6, 6.07) is 24.3. The molecule has 0 radical (unpaired) electrons. The van der Waals surface area contributed by atoms with Crippen LogP contribution in [0.25, 0.3) is 39.7 Å². The molecule has 0 saturated carbocycles. The van der Waals surface area contributed by atoms with Gasteiger partial charge in [-0.05, 0) is 24.1 Å². The van der Waals surface area contributed by atoms with Crippen LogP contribution in [0, 0.1) is 5.82 Å². The Kier molecular flexibility index (Phi) is 6.42. The molecule has 0 atom stereocenters.